The number of nitrogens with zero attached hydrogens (tertiary/aromatic N) is 2. The van der Waals surface area contributed by atoms with Gasteiger partial charge < -0.3 is 10.1 Å². The van der Waals surface area contributed by atoms with Crippen molar-refractivity contribution >= 4 is 5.82 Å². The van der Waals surface area contributed by atoms with E-state index in [4.69, 9.17) is 4.74 Å². The lowest BCUT2D eigenvalue weighted by Crippen LogP contribution is -2.06. The van der Waals surface area contributed by atoms with E-state index < -0.39 is 0 Å². The molecule has 0 fully saturated rings. The molecule has 0 radical (unpaired) electrons. The van der Waals surface area contributed by atoms with Gasteiger partial charge in [0.1, 0.15) is 24.6 Å². The summed E-state index contributed by atoms with van der Waals surface area (Å²) in [5, 5.41) is 3.12. The Bertz CT molecular complexity index is 560. The van der Waals surface area contributed by atoms with E-state index in [0.717, 1.165) is 17.9 Å². The normalized spacial score (nSPS) is 10.3. The standard InChI is InChI=1S/C14H16FN3O/c1-3-16-13-10(2)14(18-9-17-13)19-8-11-6-4-5-7-12(11)15/h4-7,9H,3,8H2,1-2H3,(H,16,17,18). The number of aromatic nitrogens is 2. The molecule has 0 aliphatic carbocycles. The highest BCUT2D eigenvalue weighted by atomic mass is 19.1. The van der Waals surface area contributed by atoms with Gasteiger partial charge in [0.25, 0.3) is 0 Å². The van der Waals surface area contributed by atoms with Crippen molar-refractivity contribution in [1.29, 1.82) is 0 Å². The summed E-state index contributed by atoms with van der Waals surface area (Å²) in [5.74, 6) is 0.927. The highest BCUT2D eigenvalue weighted by Gasteiger charge is 2.08. The van der Waals surface area contributed by atoms with Gasteiger partial charge in [0.15, 0.2) is 0 Å². The van der Waals surface area contributed by atoms with E-state index in [1.54, 1.807) is 18.2 Å². The highest BCUT2D eigenvalue weighted by molar-refractivity contribution is 5.47. The average Bonchev–Trinajstić information content (AvgIpc) is 2.42. The Balaban J connectivity index is 2.12. The van der Waals surface area contributed by atoms with Gasteiger partial charge in [-0.25, -0.2) is 14.4 Å². The Morgan fingerprint density at radius 1 is 1.26 bits per heavy atom. The van der Waals surface area contributed by atoms with Crippen molar-refractivity contribution in [2.45, 2.75) is 20.5 Å². The van der Waals surface area contributed by atoms with E-state index in [2.05, 4.69) is 15.3 Å². The zero-order chi connectivity index (χ0) is 13.7. The van der Waals surface area contributed by atoms with Crippen molar-refractivity contribution in [1.82, 2.24) is 9.97 Å². The maximum Gasteiger partial charge on any atom is 0.221 e. The summed E-state index contributed by atoms with van der Waals surface area (Å²) in [7, 11) is 0. The number of hydrogen-bond acceptors (Lipinski definition) is 4. The van der Waals surface area contributed by atoms with Crippen LogP contribution in [0.25, 0.3) is 0 Å². The smallest absolute Gasteiger partial charge is 0.221 e. The van der Waals surface area contributed by atoms with Gasteiger partial charge in [-0.15, -0.1) is 0 Å². The molecule has 4 nitrogen and oxygen atoms in total. The Labute approximate surface area is 111 Å². The molecule has 2 aromatic rings. The van der Waals surface area contributed by atoms with Crippen LogP contribution in [-0.4, -0.2) is 16.5 Å². The van der Waals surface area contributed by atoms with Gasteiger partial charge in [-0.2, -0.15) is 0 Å². The molecule has 1 N–H and O–H groups in total. The van der Waals surface area contributed by atoms with Crippen LogP contribution in [0.15, 0.2) is 30.6 Å². The molecule has 0 spiro atoms. The molecule has 2 rings (SSSR count). The second-order valence-corrected chi connectivity index (χ2v) is 4.06. The van der Waals surface area contributed by atoms with Crippen LogP contribution in [0, 0.1) is 12.7 Å². The van der Waals surface area contributed by atoms with Gasteiger partial charge in [0.2, 0.25) is 5.88 Å². The van der Waals surface area contributed by atoms with Crippen LogP contribution >= 0.6 is 0 Å². The minimum absolute atomic E-state index is 0.149. The number of rotatable bonds is 5. The van der Waals surface area contributed by atoms with Crippen LogP contribution in [-0.2, 0) is 6.61 Å². The third-order valence-electron chi connectivity index (χ3n) is 2.70. The molecule has 1 aromatic heterocycles. The van der Waals surface area contributed by atoms with E-state index in [1.165, 1.54) is 12.4 Å². The van der Waals surface area contributed by atoms with Crippen molar-refractivity contribution in [3.63, 3.8) is 0 Å². The van der Waals surface area contributed by atoms with Gasteiger partial charge in [-0.3, -0.25) is 0 Å². The first-order chi connectivity index (χ1) is 9.22. The summed E-state index contributed by atoms with van der Waals surface area (Å²) >= 11 is 0. The number of anilines is 1. The molecule has 1 aromatic carbocycles. The first kappa shape index (κ1) is 13.3. The molecule has 1 heterocycles. The molecule has 0 amide bonds. The Morgan fingerprint density at radius 2 is 2.05 bits per heavy atom. The summed E-state index contributed by atoms with van der Waals surface area (Å²) in [6.07, 6.45) is 1.43. The molecule has 0 aliphatic rings. The fourth-order valence-corrected chi connectivity index (χ4v) is 1.69. The summed E-state index contributed by atoms with van der Waals surface area (Å²) in [4.78, 5) is 8.20. The monoisotopic (exact) mass is 261 g/mol. The Kier molecular flexibility index (Phi) is 4.28. The van der Waals surface area contributed by atoms with E-state index in [-0.39, 0.29) is 12.4 Å². The van der Waals surface area contributed by atoms with Crippen LogP contribution in [0.1, 0.15) is 18.1 Å². The van der Waals surface area contributed by atoms with Gasteiger partial charge in [-0.05, 0) is 19.9 Å². The lowest BCUT2D eigenvalue weighted by atomic mass is 10.2. The fourth-order valence-electron chi connectivity index (χ4n) is 1.69. The molecule has 5 heteroatoms. The van der Waals surface area contributed by atoms with Crippen molar-refractivity contribution in [3.05, 3.63) is 47.5 Å². The Morgan fingerprint density at radius 3 is 2.79 bits per heavy atom. The quantitative estimate of drug-likeness (QED) is 0.899. The van der Waals surface area contributed by atoms with Crippen LogP contribution in [0.4, 0.5) is 10.2 Å². The number of halogens is 1. The number of hydrogen-bond donors (Lipinski definition) is 1. The molecule has 0 saturated carbocycles. The van der Waals surface area contributed by atoms with Gasteiger partial charge in [0.05, 0.1) is 5.56 Å². The van der Waals surface area contributed by atoms with Crippen LogP contribution in [0.3, 0.4) is 0 Å². The molecule has 0 saturated heterocycles. The van der Waals surface area contributed by atoms with Crippen molar-refractivity contribution in [2.24, 2.45) is 0 Å². The average molecular weight is 261 g/mol. The van der Waals surface area contributed by atoms with E-state index in [0.29, 0.717) is 11.4 Å². The second kappa shape index (κ2) is 6.13. The van der Waals surface area contributed by atoms with Crippen LogP contribution in [0.2, 0.25) is 0 Å². The number of nitrogens with one attached hydrogen (secondary N) is 1. The van der Waals surface area contributed by atoms with Crippen molar-refractivity contribution < 1.29 is 9.13 Å². The largest absolute Gasteiger partial charge is 0.472 e. The maximum atomic E-state index is 13.5. The van der Waals surface area contributed by atoms with E-state index in [1.807, 2.05) is 13.8 Å². The Hall–Kier alpha value is -2.17. The molecule has 0 atom stereocenters. The van der Waals surface area contributed by atoms with Gasteiger partial charge >= 0.3 is 0 Å². The summed E-state index contributed by atoms with van der Waals surface area (Å²) < 4.78 is 19.0. The minimum atomic E-state index is -0.277. The van der Waals surface area contributed by atoms with Crippen molar-refractivity contribution in [3.8, 4) is 5.88 Å². The SMILES string of the molecule is CCNc1ncnc(OCc2ccccc2F)c1C. The third kappa shape index (κ3) is 3.19. The fraction of sp³-hybridized carbons (Fsp3) is 0.286. The molecule has 19 heavy (non-hydrogen) atoms. The number of benzene rings is 1. The minimum Gasteiger partial charge on any atom is -0.472 e. The van der Waals surface area contributed by atoms with Crippen LogP contribution < -0.4 is 10.1 Å². The van der Waals surface area contributed by atoms with Gasteiger partial charge in [0, 0.05) is 12.1 Å². The zero-order valence-electron chi connectivity index (χ0n) is 11.0. The third-order valence-corrected chi connectivity index (χ3v) is 2.70. The topological polar surface area (TPSA) is 47.0 Å². The predicted molar refractivity (Wildman–Crippen MR) is 71.7 cm³/mol. The highest BCUT2D eigenvalue weighted by Crippen LogP contribution is 2.21. The molecule has 100 valence electrons. The maximum absolute atomic E-state index is 13.5. The molecule has 0 aliphatic heterocycles. The van der Waals surface area contributed by atoms with E-state index in [9.17, 15) is 4.39 Å². The summed E-state index contributed by atoms with van der Waals surface area (Å²) in [6, 6.07) is 6.53. The predicted octanol–water partition coefficient (Wildman–Crippen LogP) is 2.93. The first-order valence-corrected chi connectivity index (χ1v) is 6.14. The lowest BCUT2D eigenvalue weighted by molar-refractivity contribution is 0.285. The summed E-state index contributed by atoms with van der Waals surface area (Å²) in [5.41, 5.74) is 1.33. The first-order valence-electron chi connectivity index (χ1n) is 6.14. The molecule has 0 bridgehead atoms. The lowest BCUT2D eigenvalue weighted by Gasteiger charge is -2.11. The number of ether oxygens (including phenoxy) is 1. The molecule has 0 unspecified atom stereocenters. The molecular formula is C14H16FN3O. The van der Waals surface area contributed by atoms with Gasteiger partial charge in [-0.1, -0.05) is 18.2 Å². The van der Waals surface area contributed by atoms with Crippen LogP contribution in [0.5, 0.6) is 5.88 Å². The van der Waals surface area contributed by atoms with E-state index >= 15 is 0 Å². The molecular weight excluding hydrogens is 245 g/mol. The zero-order valence-corrected chi connectivity index (χ0v) is 11.0. The van der Waals surface area contributed by atoms with Crippen molar-refractivity contribution in [2.75, 3.05) is 11.9 Å². The summed E-state index contributed by atoms with van der Waals surface area (Å²) in [6.45, 7) is 4.77. The second-order valence-electron chi connectivity index (χ2n) is 4.06.